The smallest absolute Gasteiger partial charge is 0.232 e. The van der Waals surface area contributed by atoms with Gasteiger partial charge in [0.2, 0.25) is 5.88 Å². The average Bonchev–Trinajstić information content (AvgIpc) is 2.86. The van der Waals surface area contributed by atoms with E-state index in [2.05, 4.69) is 4.98 Å². The molecule has 0 N–H and O–H groups in total. The molecule has 0 spiro atoms. The molecule has 1 aliphatic carbocycles. The number of rotatable bonds is 2. The van der Waals surface area contributed by atoms with Crippen molar-refractivity contribution in [3.8, 4) is 5.88 Å². The molecule has 64 valence electrons. The summed E-state index contributed by atoms with van der Waals surface area (Å²) in [6.45, 7) is 0. The zero-order chi connectivity index (χ0) is 8.55. The zero-order valence-corrected chi connectivity index (χ0v) is 7.64. The molecule has 1 saturated carbocycles. The van der Waals surface area contributed by atoms with Crippen LogP contribution in [0.4, 0.5) is 0 Å². The fourth-order valence-electron chi connectivity index (χ4n) is 1.23. The van der Waals surface area contributed by atoms with Crippen molar-refractivity contribution >= 4 is 11.6 Å². The predicted octanol–water partition coefficient (Wildman–Crippen LogP) is 2.62. The number of ether oxygens (including phenoxy) is 1. The number of hydrogen-bond donors (Lipinski definition) is 0. The molecule has 0 atom stereocenters. The number of nitrogens with zero attached hydrogens (tertiary/aromatic N) is 1. The van der Waals surface area contributed by atoms with Gasteiger partial charge in [-0.2, -0.15) is 0 Å². The Bertz CT molecular complexity index is 297. The van der Waals surface area contributed by atoms with Gasteiger partial charge in [0.25, 0.3) is 0 Å². The highest BCUT2D eigenvalue weighted by Gasteiger charge is 2.24. The molecular formula is C9H10ClNO. The lowest BCUT2D eigenvalue weighted by molar-refractivity contribution is 0.398. The first-order valence-corrected chi connectivity index (χ1v) is 4.38. The van der Waals surface area contributed by atoms with E-state index in [-0.39, 0.29) is 0 Å². The highest BCUT2D eigenvalue weighted by atomic mass is 35.5. The Morgan fingerprint density at radius 1 is 1.58 bits per heavy atom. The van der Waals surface area contributed by atoms with Gasteiger partial charge in [-0.1, -0.05) is 11.6 Å². The number of halogens is 1. The maximum atomic E-state index is 5.91. The SMILES string of the molecule is COc1ncc(C2CC2)cc1Cl. The first kappa shape index (κ1) is 7.87. The summed E-state index contributed by atoms with van der Waals surface area (Å²) in [6.07, 6.45) is 4.39. The van der Waals surface area contributed by atoms with Crippen molar-refractivity contribution in [1.29, 1.82) is 0 Å². The number of hydrogen-bond acceptors (Lipinski definition) is 2. The molecule has 1 aromatic heterocycles. The van der Waals surface area contributed by atoms with Crippen LogP contribution in [0, 0.1) is 0 Å². The fraction of sp³-hybridized carbons (Fsp3) is 0.444. The summed E-state index contributed by atoms with van der Waals surface area (Å²) >= 11 is 5.91. The lowest BCUT2D eigenvalue weighted by Gasteiger charge is -2.02. The highest BCUT2D eigenvalue weighted by Crippen LogP contribution is 2.41. The quantitative estimate of drug-likeness (QED) is 0.703. The maximum absolute atomic E-state index is 5.91. The minimum Gasteiger partial charge on any atom is -0.480 e. The van der Waals surface area contributed by atoms with Crippen LogP contribution >= 0.6 is 11.6 Å². The van der Waals surface area contributed by atoms with E-state index in [4.69, 9.17) is 16.3 Å². The van der Waals surface area contributed by atoms with Gasteiger partial charge in [0.15, 0.2) is 0 Å². The van der Waals surface area contributed by atoms with Gasteiger partial charge in [-0.25, -0.2) is 4.98 Å². The molecule has 3 heteroatoms. The molecule has 2 rings (SSSR count). The number of aromatic nitrogens is 1. The highest BCUT2D eigenvalue weighted by molar-refractivity contribution is 6.31. The van der Waals surface area contributed by atoms with Crippen molar-refractivity contribution in [2.24, 2.45) is 0 Å². The molecule has 1 aromatic rings. The molecule has 0 unspecified atom stereocenters. The van der Waals surface area contributed by atoms with E-state index in [0.717, 1.165) is 0 Å². The van der Waals surface area contributed by atoms with Crippen LogP contribution in [-0.4, -0.2) is 12.1 Å². The van der Waals surface area contributed by atoms with Crippen molar-refractivity contribution in [3.05, 3.63) is 22.8 Å². The third-order valence-corrected chi connectivity index (χ3v) is 2.34. The minimum atomic E-state index is 0.515. The largest absolute Gasteiger partial charge is 0.480 e. The van der Waals surface area contributed by atoms with Gasteiger partial charge in [0, 0.05) is 6.20 Å². The van der Waals surface area contributed by atoms with Crippen LogP contribution in [0.25, 0.3) is 0 Å². The lowest BCUT2D eigenvalue weighted by atomic mass is 10.2. The van der Waals surface area contributed by atoms with E-state index in [0.29, 0.717) is 16.8 Å². The molecule has 1 aliphatic rings. The molecule has 0 amide bonds. The molecule has 1 heterocycles. The summed E-state index contributed by atoms with van der Waals surface area (Å²) in [5, 5.41) is 0.613. The second-order valence-corrected chi connectivity index (χ2v) is 3.44. The summed E-state index contributed by atoms with van der Waals surface area (Å²) in [7, 11) is 1.57. The van der Waals surface area contributed by atoms with Gasteiger partial charge >= 0.3 is 0 Å². The first-order chi connectivity index (χ1) is 5.81. The third-order valence-electron chi connectivity index (χ3n) is 2.07. The van der Waals surface area contributed by atoms with Gasteiger partial charge in [-0.05, 0) is 30.4 Å². The van der Waals surface area contributed by atoms with Gasteiger partial charge in [-0.3, -0.25) is 0 Å². The summed E-state index contributed by atoms with van der Waals surface area (Å²) in [4.78, 5) is 4.10. The first-order valence-electron chi connectivity index (χ1n) is 4.00. The zero-order valence-electron chi connectivity index (χ0n) is 6.88. The second-order valence-electron chi connectivity index (χ2n) is 3.03. The summed E-state index contributed by atoms with van der Waals surface area (Å²) < 4.78 is 4.96. The van der Waals surface area contributed by atoms with Crippen LogP contribution in [-0.2, 0) is 0 Å². The molecule has 0 saturated heterocycles. The summed E-state index contributed by atoms with van der Waals surface area (Å²) in [5.74, 6) is 1.21. The Kier molecular flexibility index (Phi) is 1.93. The second kappa shape index (κ2) is 2.94. The third kappa shape index (κ3) is 1.39. The molecule has 0 bridgehead atoms. The van der Waals surface area contributed by atoms with E-state index < -0.39 is 0 Å². The van der Waals surface area contributed by atoms with Crippen molar-refractivity contribution < 1.29 is 4.74 Å². The summed E-state index contributed by atoms with van der Waals surface area (Å²) in [6, 6.07) is 1.95. The molecule has 1 fully saturated rings. The molecule has 0 aliphatic heterocycles. The van der Waals surface area contributed by atoms with Crippen LogP contribution in [0.1, 0.15) is 24.3 Å². The van der Waals surface area contributed by atoms with Gasteiger partial charge in [0.1, 0.15) is 5.02 Å². The van der Waals surface area contributed by atoms with E-state index in [9.17, 15) is 0 Å². The monoisotopic (exact) mass is 183 g/mol. The Labute approximate surface area is 76.5 Å². The number of methoxy groups -OCH3 is 1. The maximum Gasteiger partial charge on any atom is 0.232 e. The van der Waals surface area contributed by atoms with Crippen molar-refractivity contribution in [1.82, 2.24) is 4.98 Å². The van der Waals surface area contributed by atoms with Crippen molar-refractivity contribution in [2.75, 3.05) is 7.11 Å². The van der Waals surface area contributed by atoms with E-state index in [1.54, 1.807) is 7.11 Å². The fourth-order valence-corrected chi connectivity index (χ4v) is 1.48. The van der Waals surface area contributed by atoms with Crippen LogP contribution in [0.2, 0.25) is 5.02 Å². The molecule has 0 aromatic carbocycles. The van der Waals surface area contributed by atoms with Crippen LogP contribution in [0.15, 0.2) is 12.3 Å². The average molecular weight is 184 g/mol. The van der Waals surface area contributed by atoms with Gasteiger partial charge < -0.3 is 4.74 Å². The van der Waals surface area contributed by atoms with E-state index in [1.165, 1.54) is 18.4 Å². The topological polar surface area (TPSA) is 22.1 Å². The standard InChI is InChI=1S/C9H10ClNO/c1-12-9-8(10)4-7(5-11-9)6-2-3-6/h4-6H,2-3H2,1H3. The Hall–Kier alpha value is -0.760. The number of pyridine rings is 1. The molecule has 0 radical (unpaired) electrons. The van der Waals surface area contributed by atoms with Crippen molar-refractivity contribution in [2.45, 2.75) is 18.8 Å². The van der Waals surface area contributed by atoms with Gasteiger partial charge in [0.05, 0.1) is 7.11 Å². The van der Waals surface area contributed by atoms with E-state index in [1.807, 2.05) is 12.3 Å². The van der Waals surface area contributed by atoms with Crippen LogP contribution < -0.4 is 4.74 Å². The van der Waals surface area contributed by atoms with Crippen LogP contribution in [0.3, 0.4) is 0 Å². The normalized spacial score (nSPS) is 16.2. The van der Waals surface area contributed by atoms with Crippen LogP contribution in [0.5, 0.6) is 5.88 Å². The van der Waals surface area contributed by atoms with Crippen molar-refractivity contribution in [3.63, 3.8) is 0 Å². The minimum absolute atomic E-state index is 0.515. The Balaban J connectivity index is 2.30. The lowest BCUT2D eigenvalue weighted by Crippen LogP contribution is -1.90. The molecule has 2 nitrogen and oxygen atoms in total. The Morgan fingerprint density at radius 2 is 2.33 bits per heavy atom. The molecular weight excluding hydrogens is 174 g/mol. The predicted molar refractivity (Wildman–Crippen MR) is 47.8 cm³/mol. The Morgan fingerprint density at radius 3 is 2.83 bits per heavy atom. The molecule has 12 heavy (non-hydrogen) atoms. The van der Waals surface area contributed by atoms with Gasteiger partial charge in [-0.15, -0.1) is 0 Å². The summed E-state index contributed by atoms with van der Waals surface area (Å²) in [5.41, 5.74) is 1.24. The van der Waals surface area contributed by atoms with E-state index >= 15 is 0 Å².